The largest absolute Gasteiger partial charge is 0.385 e. The maximum Gasteiger partial charge on any atom is 0.238 e. The predicted molar refractivity (Wildman–Crippen MR) is 64.4 cm³/mol. The topological polar surface area (TPSA) is 50.4 Å². The van der Waals surface area contributed by atoms with E-state index in [1.807, 2.05) is 0 Å². The van der Waals surface area contributed by atoms with Crippen LogP contribution in [0.2, 0.25) is 0 Å². The van der Waals surface area contributed by atoms with E-state index in [1.165, 1.54) is 6.07 Å². The second-order valence-electron chi connectivity index (χ2n) is 3.67. The third-order valence-electron chi connectivity index (χ3n) is 2.21. The smallest absolute Gasteiger partial charge is 0.238 e. The Morgan fingerprint density at radius 2 is 2.00 bits per heavy atom. The first-order chi connectivity index (χ1) is 8.65. The molecule has 18 heavy (non-hydrogen) atoms. The summed E-state index contributed by atoms with van der Waals surface area (Å²) in [5, 5.41) is 5.03. The van der Waals surface area contributed by atoms with Gasteiger partial charge in [0.15, 0.2) is 0 Å². The minimum atomic E-state index is -0.789. The maximum absolute atomic E-state index is 13.2. The molecule has 0 fully saturated rings. The zero-order valence-corrected chi connectivity index (χ0v) is 10.1. The lowest BCUT2D eigenvalue weighted by atomic mass is 10.3. The summed E-state index contributed by atoms with van der Waals surface area (Å²) < 4.78 is 31.3. The molecule has 0 atom stereocenters. The molecule has 0 saturated heterocycles. The van der Waals surface area contributed by atoms with Crippen LogP contribution < -0.4 is 10.6 Å². The highest BCUT2D eigenvalue weighted by Crippen LogP contribution is 2.17. The third-order valence-corrected chi connectivity index (χ3v) is 2.21. The highest BCUT2D eigenvalue weighted by Gasteiger charge is 2.11. The summed E-state index contributed by atoms with van der Waals surface area (Å²) in [6.07, 6.45) is 0.762. The van der Waals surface area contributed by atoms with Gasteiger partial charge in [0, 0.05) is 13.7 Å². The highest BCUT2D eigenvalue weighted by molar-refractivity contribution is 5.92. The van der Waals surface area contributed by atoms with Crippen LogP contribution in [0.4, 0.5) is 14.5 Å². The zero-order chi connectivity index (χ0) is 13.4. The summed E-state index contributed by atoms with van der Waals surface area (Å²) >= 11 is 0. The molecule has 1 rings (SSSR count). The summed E-state index contributed by atoms with van der Waals surface area (Å²) in [5.74, 6) is -2.07. The first-order valence-electron chi connectivity index (χ1n) is 5.58. The number of halogens is 2. The van der Waals surface area contributed by atoms with Gasteiger partial charge in [0.25, 0.3) is 0 Å². The number of nitrogens with one attached hydrogen (secondary N) is 2. The van der Waals surface area contributed by atoms with Crippen LogP contribution in [0.25, 0.3) is 0 Å². The molecular weight excluding hydrogens is 242 g/mol. The summed E-state index contributed by atoms with van der Waals surface area (Å²) in [6.45, 7) is 1.19. The normalized spacial score (nSPS) is 10.4. The van der Waals surface area contributed by atoms with E-state index in [0.717, 1.165) is 18.6 Å². The number of hydrogen-bond donors (Lipinski definition) is 2. The van der Waals surface area contributed by atoms with Gasteiger partial charge < -0.3 is 15.4 Å². The fourth-order valence-corrected chi connectivity index (χ4v) is 1.34. The van der Waals surface area contributed by atoms with Crippen LogP contribution in [-0.4, -0.2) is 32.7 Å². The lowest BCUT2D eigenvalue weighted by Crippen LogP contribution is -2.29. The van der Waals surface area contributed by atoms with E-state index in [9.17, 15) is 13.6 Å². The van der Waals surface area contributed by atoms with Gasteiger partial charge in [-0.25, -0.2) is 8.78 Å². The zero-order valence-electron chi connectivity index (χ0n) is 10.1. The van der Waals surface area contributed by atoms with Crippen molar-refractivity contribution in [1.82, 2.24) is 5.32 Å². The molecule has 0 radical (unpaired) electrons. The number of benzene rings is 1. The Morgan fingerprint density at radius 3 is 2.61 bits per heavy atom. The highest BCUT2D eigenvalue weighted by atomic mass is 19.1. The van der Waals surface area contributed by atoms with Crippen LogP contribution in [-0.2, 0) is 9.53 Å². The number of carbonyl (C=O) groups excluding carboxylic acids is 1. The molecule has 0 heterocycles. The number of methoxy groups -OCH3 is 1. The molecule has 2 N–H and O–H groups in total. The summed E-state index contributed by atoms with van der Waals surface area (Å²) in [5.41, 5.74) is -0.416. The summed E-state index contributed by atoms with van der Waals surface area (Å²) in [4.78, 5) is 11.4. The van der Waals surface area contributed by atoms with Crippen molar-refractivity contribution < 1.29 is 18.3 Å². The number of amides is 1. The molecule has 0 aliphatic carbocycles. The quantitative estimate of drug-likeness (QED) is 0.729. The second-order valence-corrected chi connectivity index (χ2v) is 3.67. The van der Waals surface area contributed by atoms with Gasteiger partial charge >= 0.3 is 0 Å². The van der Waals surface area contributed by atoms with Gasteiger partial charge in [-0.05, 0) is 25.1 Å². The number of carbonyl (C=O) groups is 1. The van der Waals surface area contributed by atoms with Crippen molar-refractivity contribution in [1.29, 1.82) is 0 Å². The van der Waals surface area contributed by atoms with Gasteiger partial charge in [-0.2, -0.15) is 0 Å². The molecule has 0 aromatic heterocycles. The summed E-state index contributed by atoms with van der Waals surface area (Å²) in [6, 6.07) is 3.42. The average Bonchev–Trinajstić information content (AvgIpc) is 2.34. The molecule has 0 saturated carbocycles. The molecule has 6 heteroatoms. The van der Waals surface area contributed by atoms with Crippen molar-refractivity contribution in [3.05, 3.63) is 29.8 Å². The maximum atomic E-state index is 13.2. The Balaban J connectivity index is 2.36. The van der Waals surface area contributed by atoms with E-state index in [-0.39, 0.29) is 6.54 Å². The molecule has 1 aromatic carbocycles. The lowest BCUT2D eigenvalue weighted by molar-refractivity contribution is -0.115. The first-order valence-corrected chi connectivity index (χ1v) is 5.58. The van der Waals surface area contributed by atoms with Crippen molar-refractivity contribution in [3.8, 4) is 0 Å². The molecule has 0 aliphatic heterocycles. The second kappa shape index (κ2) is 7.73. The Bertz CT molecular complexity index is 379. The predicted octanol–water partition coefficient (Wildman–Crippen LogP) is 1.53. The first kappa shape index (κ1) is 14.5. The van der Waals surface area contributed by atoms with Crippen LogP contribution in [0.5, 0.6) is 0 Å². The fourth-order valence-electron chi connectivity index (χ4n) is 1.34. The van der Waals surface area contributed by atoms with Gasteiger partial charge in [-0.3, -0.25) is 4.79 Å². The number of hydrogen-bond acceptors (Lipinski definition) is 3. The van der Waals surface area contributed by atoms with Crippen LogP contribution >= 0.6 is 0 Å². The van der Waals surface area contributed by atoms with Gasteiger partial charge in [-0.1, -0.05) is 6.07 Å². The lowest BCUT2D eigenvalue weighted by Gasteiger charge is -2.08. The van der Waals surface area contributed by atoms with E-state index in [4.69, 9.17) is 4.74 Å². The van der Waals surface area contributed by atoms with E-state index in [2.05, 4.69) is 10.6 Å². The number of ether oxygens (including phenoxy) is 1. The molecule has 0 bridgehead atoms. The van der Waals surface area contributed by atoms with Crippen LogP contribution in [0.3, 0.4) is 0 Å². The monoisotopic (exact) mass is 258 g/mol. The Labute approximate surface area is 104 Å². The molecule has 0 spiro atoms. The van der Waals surface area contributed by atoms with Crippen molar-refractivity contribution in [2.75, 3.05) is 32.1 Å². The van der Waals surface area contributed by atoms with Gasteiger partial charge in [0.05, 0.1) is 6.54 Å². The fraction of sp³-hybridized carbons (Fsp3) is 0.417. The molecule has 0 aliphatic rings. The average molecular weight is 258 g/mol. The Kier molecular flexibility index (Phi) is 6.24. The van der Waals surface area contributed by atoms with Crippen molar-refractivity contribution in [3.63, 3.8) is 0 Å². The SMILES string of the molecule is COCCCNCC(=O)Nc1c(F)cccc1F. The van der Waals surface area contributed by atoms with Gasteiger partial charge in [0.2, 0.25) is 5.91 Å². The number of rotatable bonds is 7. The number of anilines is 1. The van der Waals surface area contributed by atoms with Crippen molar-refractivity contribution in [2.24, 2.45) is 0 Å². The van der Waals surface area contributed by atoms with Gasteiger partial charge in [-0.15, -0.1) is 0 Å². The molecule has 1 aromatic rings. The minimum absolute atomic E-state index is 0.00249. The van der Waals surface area contributed by atoms with Gasteiger partial charge in [0.1, 0.15) is 17.3 Å². The van der Waals surface area contributed by atoms with E-state index >= 15 is 0 Å². The molecule has 4 nitrogen and oxygen atoms in total. The molecular formula is C12H16F2N2O2. The van der Waals surface area contributed by atoms with E-state index in [0.29, 0.717) is 13.2 Å². The third kappa shape index (κ3) is 4.77. The van der Waals surface area contributed by atoms with Crippen molar-refractivity contribution >= 4 is 11.6 Å². The molecule has 100 valence electrons. The summed E-state index contributed by atoms with van der Waals surface area (Å²) in [7, 11) is 1.59. The van der Waals surface area contributed by atoms with E-state index in [1.54, 1.807) is 7.11 Å². The van der Waals surface area contributed by atoms with E-state index < -0.39 is 23.2 Å². The molecule has 0 unspecified atom stereocenters. The Hall–Kier alpha value is -1.53. The minimum Gasteiger partial charge on any atom is -0.385 e. The van der Waals surface area contributed by atoms with Crippen LogP contribution in [0, 0.1) is 11.6 Å². The molecule has 1 amide bonds. The number of para-hydroxylation sites is 1. The van der Waals surface area contributed by atoms with Crippen LogP contribution in [0.1, 0.15) is 6.42 Å². The Morgan fingerprint density at radius 1 is 1.33 bits per heavy atom. The van der Waals surface area contributed by atoms with Crippen LogP contribution in [0.15, 0.2) is 18.2 Å². The standard InChI is InChI=1S/C12H16F2N2O2/c1-18-7-3-6-15-8-11(17)16-12-9(13)4-2-5-10(12)14/h2,4-5,15H,3,6-8H2,1H3,(H,16,17). The van der Waals surface area contributed by atoms with Crippen molar-refractivity contribution in [2.45, 2.75) is 6.42 Å².